The molecule has 1 unspecified atom stereocenters. The number of nitrogens with one attached hydrogen (secondary N) is 2. The van der Waals surface area contributed by atoms with Crippen molar-refractivity contribution in [3.05, 3.63) is 39.2 Å². The molecule has 1 atom stereocenters. The highest BCUT2D eigenvalue weighted by Crippen LogP contribution is 2.22. The Morgan fingerprint density at radius 1 is 1.45 bits per heavy atom. The number of thioether (sulfide) groups is 1. The van der Waals surface area contributed by atoms with Gasteiger partial charge in [0, 0.05) is 16.7 Å². The molecular formula is C14H17BrN4O2S. The van der Waals surface area contributed by atoms with Crippen LogP contribution in [0, 0.1) is 0 Å². The maximum Gasteiger partial charge on any atom is 0.343 e. The van der Waals surface area contributed by atoms with Crippen LogP contribution < -0.4 is 11.0 Å². The molecule has 6 nitrogen and oxygen atoms in total. The molecule has 1 aromatic heterocycles. The third-order valence-corrected chi connectivity index (χ3v) is 4.55. The highest BCUT2D eigenvalue weighted by Gasteiger charge is 2.18. The molecule has 0 radical (unpaired) electrons. The van der Waals surface area contributed by atoms with E-state index in [0.717, 1.165) is 16.6 Å². The van der Waals surface area contributed by atoms with Crippen molar-refractivity contribution in [2.24, 2.45) is 0 Å². The van der Waals surface area contributed by atoms with Gasteiger partial charge in [0.25, 0.3) is 0 Å². The lowest BCUT2D eigenvalue weighted by Gasteiger charge is -2.12. The third kappa shape index (κ3) is 4.23. The Morgan fingerprint density at radius 3 is 2.77 bits per heavy atom. The van der Waals surface area contributed by atoms with Gasteiger partial charge in [-0.1, -0.05) is 34.6 Å². The minimum Gasteiger partial charge on any atom is -0.325 e. The number of halogens is 1. The van der Waals surface area contributed by atoms with Gasteiger partial charge in [-0.25, -0.2) is 9.89 Å². The molecule has 2 rings (SSSR count). The molecule has 0 aliphatic heterocycles. The number of rotatable bonds is 6. The van der Waals surface area contributed by atoms with Gasteiger partial charge in [0.2, 0.25) is 5.91 Å². The molecule has 0 fully saturated rings. The van der Waals surface area contributed by atoms with Crippen molar-refractivity contribution in [1.29, 1.82) is 0 Å². The van der Waals surface area contributed by atoms with Crippen LogP contribution in [0.3, 0.4) is 0 Å². The second-order valence-corrected chi connectivity index (χ2v) is 6.94. The molecule has 0 spiro atoms. The van der Waals surface area contributed by atoms with Gasteiger partial charge < -0.3 is 5.32 Å². The second kappa shape index (κ2) is 7.64. The van der Waals surface area contributed by atoms with E-state index in [2.05, 4.69) is 31.4 Å². The summed E-state index contributed by atoms with van der Waals surface area (Å²) < 4.78 is 2.50. The van der Waals surface area contributed by atoms with Crippen LogP contribution in [-0.2, 0) is 11.3 Å². The van der Waals surface area contributed by atoms with Crippen LogP contribution in [0.15, 0.2) is 38.7 Å². The zero-order chi connectivity index (χ0) is 16.1. The molecule has 0 aliphatic carbocycles. The van der Waals surface area contributed by atoms with E-state index in [4.69, 9.17) is 0 Å². The summed E-state index contributed by atoms with van der Waals surface area (Å²) in [5, 5.41) is 9.41. The van der Waals surface area contributed by atoms with E-state index in [0.29, 0.717) is 11.7 Å². The van der Waals surface area contributed by atoms with E-state index in [1.807, 2.05) is 31.2 Å². The Kier molecular flexibility index (Phi) is 5.84. The predicted octanol–water partition coefficient (Wildman–Crippen LogP) is 2.86. The average molecular weight is 385 g/mol. The van der Waals surface area contributed by atoms with Gasteiger partial charge in [-0.05, 0) is 37.6 Å². The first-order valence-corrected chi connectivity index (χ1v) is 8.56. The number of H-pyrrole nitrogens is 1. The van der Waals surface area contributed by atoms with Gasteiger partial charge in [-0.2, -0.15) is 0 Å². The van der Waals surface area contributed by atoms with Gasteiger partial charge >= 0.3 is 5.69 Å². The molecular weight excluding hydrogens is 368 g/mol. The van der Waals surface area contributed by atoms with E-state index in [1.54, 1.807) is 11.5 Å². The molecule has 1 aromatic carbocycles. The summed E-state index contributed by atoms with van der Waals surface area (Å²) in [5.74, 6) is -0.134. The molecule has 1 heterocycles. The first-order valence-electron chi connectivity index (χ1n) is 6.89. The first kappa shape index (κ1) is 16.8. The minimum absolute atomic E-state index is 0.134. The number of anilines is 1. The highest BCUT2D eigenvalue weighted by atomic mass is 79.9. The first-order chi connectivity index (χ1) is 10.5. The van der Waals surface area contributed by atoms with Crippen LogP contribution in [0.4, 0.5) is 5.69 Å². The van der Waals surface area contributed by atoms with Crippen molar-refractivity contribution in [2.45, 2.75) is 37.2 Å². The number of amides is 1. The van der Waals surface area contributed by atoms with Crippen molar-refractivity contribution < 1.29 is 4.79 Å². The average Bonchev–Trinajstić information content (AvgIpc) is 2.83. The van der Waals surface area contributed by atoms with E-state index in [-0.39, 0.29) is 16.8 Å². The van der Waals surface area contributed by atoms with E-state index in [1.165, 1.54) is 11.8 Å². The summed E-state index contributed by atoms with van der Waals surface area (Å²) in [7, 11) is 0. The Morgan fingerprint density at radius 2 is 2.14 bits per heavy atom. The van der Waals surface area contributed by atoms with E-state index in [9.17, 15) is 9.59 Å². The molecule has 22 heavy (non-hydrogen) atoms. The van der Waals surface area contributed by atoms with Crippen molar-refractivity contribution in [2.75, 3.05) is 5.32 Å². The number of nitrogens with zero attached hydrogens (tertiary/aromatic N) is 2. The van der Waals surface area contributed by atoms with Crippen molar-refractivity contribution in [3.63, 3.8) is 0 Å². The van der Waals surface area contributed by atoms with Gasteiger partial charge in [0.15, 0.2) is 5.16 Å². The summed E-state index contributed by atoms with van der Waals surface area (Å²) in [6.07, 6.45) is 0.826. The Hall–Kier alpha value is -1.54. The van der Waals surface area contributed by atoms with Gasteiger partial charge in [0.1, 0.15) is 0 Å². The number of carbonyl (C=O) groups excluding carboxylic acids is 1. The second-order valence-electron chi connectivity index (χ2n) is 4.72. The van der Waals surface area contributed by atoms with Crippen molar-refractivity contribution in [3.8, 4) is 0 Å². The topological polar surface area (TPSA) is 79.8 Å². The smallest absolute Gasteiger partial charge is 0.325 e. The zero-order valence-electron chi connectivity index (χ0n) is 12.3. The Balaban J connectivity index is 2.02. The number of hydrogen-bond donors (Lipinski definition) is 2. The number of carbonyl (C=O) groups is 1. The van der Waals surface area contributed by atoms with Crippen LogP contribution in [0.25, 0.3) is 0 Å². The maximum absolute atomic E-state index is 12.2. The summed E-state index contributed by atoms with van der Waals surface area (Å²) >= 11 is 4.61. The lowest BCUT2D eigenvalue weighted by atomic mass is 10.3. The molecule has 0 saturated heterocycles. The molecule has 1 amide bonds. The molecule has 8 heteroatoms. The third-order valence-electron chi connectivity index (χ3n) is 2.93. The van der Waals surface area contributed by atoms with Crippen LogP contribution in [0.1, 0.15) is 20.3 Å². The predicted molar refractivity (Wildman–Crippen MR) is 91.2 cm³/mol. The number of benzene rings is 1. The van der Waals surface area contributed by atoms with E-state index >= 15 is 0 Å². The number of aromatic amines is 1. The minimum atomic E-state index is -0.366. The fourth-order valence-electron chi connectivity index (χ4n) is 1.80. The van der Waals surface area contributed by atoms with Crippen LogP contribution >= 0.6 is 27.7 Å². The summed E-state index contributed by atoms with van der Waals surface area (Å²) in [5.41, 5.74) is 0.485. The fraction of sp³-hybridized carbons (Fsp3) is 0.357. The van der Waals surface area contributed by atoms with Crippen molar-refractivity contribution >= 4 is 39.3 Å². The maximum atomic E-state index is 12.2. The van der Waals surface area contributed by atoms with Crippen LogP contribution in [0.5, 0.6) is 0 Å². The van der Waals surface area contributed by atoms with Gasteiger partial charge in [-0.15, -0.1) is 5.10 Å². The van der Waals surface area contributed by atoms with Crippen LogP contribution in [0.2, 0.25) is 0 Å². The molecule has 2 N–H and O–H groups in total. The fourth-order valence-corrected chi connectivity index (χ4v) is 2.95. The quantitative estimate of drug-likeness (QED) is 0.750. The molecule has 0 aliphatic rings. The lowest BCUT2D eigenvalue weighted by molar-refractivity contribution is -0.115. The molecule has 2 aromatic rings. The summed E-state index contributed by atoms with van der Waals surface area (Å²) in [6.45, 7) is 4.35. The number of aromatic nitrogens is 3. The zero-order valence-corrected chi connectivity index (χ0v) is 14.7. The summed E-state index contributed by atoms with van der Waals surface area (Å²) in [6, 6.07) is 7.36. The van der Waals surface area contributed by atoms with Gasteiger partial charge in [-0.3, -0.25) is 9.36 Å². The largest absolute Gasteiger partial charge is 0.343 e. The van der Waals surface area contributed by atoms with E-state index < -0.39 is 0 Å². The molecule has 118 valence electrons. The Labute approximate surface area is 140 Å². The number of hydrogen-bond acceptors (Lipinski definition) is 4. The summed E-state index contributed by atoms with van der Waals surface area (Å²) in [4.78, 5) is 23.8. The highest BCUT2D eigenvalue weighted by molar-refractivity contribution is 9.10. The van der Waals surface area contributed by atoms with Gasteiger partial charge in [0.05, 0.1) is 5.25 Å². The standard InChI is InChI=1S/C14H17BrN4O2S/c1-3-8-19-13(21)17-18-14(19)22-9(2)12(20)16-11-6-4-10(15)5-7-11/h4-7,9H,3,8H2,1-2H3,(H,16,20)(H,17,21). The van der Waals surface area contributed by atoms with Crippen LogP contribution in [-0.4, -0.2) is 25.9 Å². The molecule has 0 bridgehead atoms. The molecule has 0 saturated carbocycles. The normalized spacial score (nSPS) is 12.1. The van der Waals surface area contributed by atoms with Crippen molar-refractivity contribution in [1.82, 2.24) is 14.8 Å². The monoisotopic (exact) mass is 384 g/mol. The lowest BCUT2D eigenvalue weighted by Crippen LogP contribution is -2.24. The Bertz CT molecular complexity index is 696. The SMILES string of the molecule is CCCn1c(SC(C)C(=O)Nc2ccc(Br)cc2)n[nH]c1=O.